The molecule has 3 heterocycles. The van der Waals surface area contributed by atoms with Crippen LogP contribution < -0.4 is 5.32 Å². The van der Waals surface area contributed by atoms with Crippen molar-refractivity contribution in [1.29, 1.82) is 0 Å². The summed E-state index contributed by atoms with van der Waals surface area (Å²) >= 11 is 0.397. The maximum atomic E-state index is 10.3. The minimum atomic E-state index is -2.46. The fourth-order valence-electron chi connectivity index (χ4n) is 2.57. The summed E-state index contributed by atoms with van der Waals surface area (Å²) in [5.74, 6) is -0.0512. The number of aromatic nitrogens is 4. The van der Waals surface area contributed by atoms with Crippen LogP contribution in [-0.2, 0) is 4.74 Å². The Bertz CT molecular complexity index is 981. The zero-order valence-electron chi connectivity index (χ0n) is 19.1. The monoisotopic (exact) mass is 386 g/mol. The van der Waals surface area contributed by atoms with Gasteiger partial charge in [-0.2, -0.15) is 0 Å². The van der Waals surface area contributed by atoms with Gasteiger partial charge in [-0.15, -0.1) is 0 Å². The Kier molecular flexibility index (Phi) is 4.08. The topological polar surface area (TPSA) is 126 Å². The highest BCUT2D eigenvalue weighted by Gasteiger charge is 2.44. The number of aliphatic hydroxyl groups excluding tert-OH is 3. The molecule has 1 aliphatic rings. The van der Waals surface area contributed by atoms with Crippen molar-refractivity contribution in [2.45, 2.75) is 43.5 Å². The van der Waals surface area contributed by atoms with Crippen LogP contribution in [0, 0.1) is 0 Å². The SMILES string of the molecule is [2H]C([2H])(C=C(C)C)Nc1nc(SC([2H])([2H])[2H])nc2c1ncn2[C@@H]1O[C@H](CO)[C@@H](O)[C@H]1O. The molecule has 0 aromatic carbocycles. The lowest BCUT2D eigenvalue weighted by molar-refractivity contribution is -0.0511. The fraction of sp³-hybridized carbons (Fsp3) is 0.562. The third kappa shape index (κ3) is 3.55. The zero-order valence-corrected chi connectivity index (χ0v) is 14.9. The summed E-state index contributed by atoms with van der Waals surface area (Å²) in [5, 5.41) is 32.2. The summed E-state index contributed by atoms with van der Waals surface area (Å²) in [6.07, 6.45) is -4.81. The second-order valence-electron chi connectivity index (χ2n) is 6.00. The molecule has 1 fully saturated rings. The van der Waals surface area contributed by atoms with Gasteiger partial charge in [0.1, 0.15) is 18.3 Å². The molecule has 26 heavy (non-hydrogen) atoms. The van der Waals surface area contributed by atoms with Crippen LogP contribution >= 0.6 is 11.8 Å². The predicted molar refractivity (Wildman–Crippen MR) is 98.0 cm³/mol. The van der Waals surface area contributed by atoms with Gasteiger partial charge in [0.2, 0.25) is 0 Å². The molecule has 0 bridgehead atoms. The largest absolute Gasteiger partial charge is 0.394 e. The van der Waals surface area contributed by atoms with Gasteiger partial charge in [0.25, 0.3) is 0 Å². The van der Waals surface area contributed by atoms with Crippen molar-refractivity contribution in [2.24, 2.45) is 0 Å². The van der Waals surface area contributed by atoms with Crippen LogP contribution in [0.4, 0.5) is 5.82 Å². The van der Waals surface area contributed by atoms with Crippen LogP contribution in [0.25, 0.3) is 11.2 Å². The van der Waals surface area contributed by atoms with E-state index < -0.39 is 43.8 Å². The molecule has 142 valence electrons. The highest BCUT2D eigenvalue weighted by Crippen LogP contribution is 2.32. The average Bonchev–Trinajstić information content (AvgIpc) is 3.14. The van der Waals surface area contributed by atoms with Gasteiger partial charge in [0.15, 0.2) is 28.4 Å². The smallest absolute Gasteiger partial charge is 0.191 e. The molecule has 0 amide bonds. The van der Waals surface area contributed by atoms with E-state index in [0.717, 1.165) is 0 Å². The van der Waals surface area contributed by atoms with Crippen molar-refractivity contribution in [3.05, 3.63) is 18.0 Å². The number of rotatable bonds is 6. The average molecular weight is 386 g/mol. The number of nitrogens with one attached hydrogen (secondary N) is 1. The van der Waals surface area contributed by atoms with E-state index in [4.69, 9.17) is 11.6 Å². The van der Waals surface area contributed by atoms with Gasteiger partial charge < -0.3 is 25.4 Å². The summed E-state index contributed by atoms with van der Waals surface area (Å²) in [4.78, 5) is 12.5. The molecule has 3 rings (SSSR count). The first-order chi connectivity index (χ1) is 14.3. The minimum Gasteiger partial charge on any atom is -0.394 e. The van der Waals surface area contributed by atoms with Crippen LogP contribution in [0.5, 0.6) is 0 Å². The first-order valence-corrected chi connectivity index (χ1v) is 8.63. The number of aliphatic hydroxyl groups is 3. The third-order valence-electron chi connectivity index (χ3n) is 3.83. The molecule has 9 nitrogen and oxygen atoms in total. The lowest BCUT2D eigenvalue weighted by atomic mass is 10.1. The second-order valence-corrected chi connectivity index (χ2v) is 6.57. The lowest BCUT2D eigenvalue weighted by Crippen LogP contribution is -2.33. The number of nitrogens with zero attached hydrogens (tertiary/aromatic N) is 4. The Labute approximate surface area is 162 Å². The summed E-state index contributed by atoms with van der Waals surface area (Å²) in [5.41, 5.74) is 0.877. The van der Waals surface area contributed by atoms with Crippen molar-refractivity contribution in [1.82, 2.24) is 19.5 Å². The third-order valence-corrected chi connectivity index (χ3v) is 4.20. The molecule has 4 atom stereocenters. The molecular formula is C16H23N5O4S. The minimum absolute atomic E-state index is 0.0512. The Hall–Kier alpha value is -1.72. The Balaban J connectivity index is 2.11. The quantitative estimate of drug-likeness (QED) is 0.320. The maximum absolute atomic E-state index is 10.3. The predicted octanol–water partition coefficient (Wildman–Crippen LogP) is 0.538. The van der Waals surface area contributed by atoms with Gasteiger partial charge in [0, 0.05) is 10.6 Å². The molecule has 0 radical (unpaired) electrons. The number of ether oxygens (including phenoxy) is 1. The van der Waals surface area contributed by atoms with Gasteiger partial charge in [-0.3, -0.25) is 4.57 Å². The summed E-state index contributed by atoms with van der Waals surface area (Å²) in [7, 11) is 0. The van der Waals surface area contributed by atoms with Crippen LogP contribution in [0.2, 0.25) is 0 Å². The highest BCUT2D eigenvalue weighted by molar-refractivity contribution is 7.98. The fourth-order valence-corrected chi connectivity index (χ4v) is 2.84. The van der Waals surface area contributed by atoms with E-state index in [1.807, 2.05) is 0 Å². The maximum Gasteiger partial charge on any atom is 0.191 e. The van der Waals surface area contributed by atoms with E-state index in [-0.39, 0.29) is 22.1 Å². The van der Waals surface area contributed by atoms with Crippen molar-refractivity contribution in [3.63, 3.8) is 0 Å². The van der Waals surface area contributed by atoms with E-state index in [0.29, 0.717) is 17.3 Å². The second kappa shape index (κ2) is 7.89. The first kappa shape index (κ1) is 13.4. The molecule has 1 saturated heterocycles. The van der Waals surface area contributed by atoms with Crippen LogP contribution in [-0.4, -0.2) is 72.4 Å². The molecule has 10 heteroatoms. The molecule has 4 N–H and O–H groups in total. The van der Waals surface area contributed by atoms with Gasteiger partial charge in [-0.25, -0.2) is 15.0 Å². The molecular weight excluding hydrogens is 358 g/mol. The number of hydrogen-bond donors (Lipinski definition) is 4. The lowest BCUT2D eigenvalue weighted by Gasteiger charge is -2.17. The molecule has 0 aliphatic carbocycles. The van der Waals surface area contributed by atoms with Gasteiger partial charge in [0.05, 0.1) is 15.7 Å². The zero-order chi connectivity index (χ0) is 23.1. The molecule has 2 aromatic heterocycles. The molecule has 0 saturated carbocycles. The summed E-state index contributed by atoms with van der Waals surface area (Å²) in [6.45, 7) is 0.905. The van der Waals surface area contributed by atoms with Gasteiger partial charge in [-0.1, -0.05) is 23.4 Å². The van der Waals surface area contributed by atoms with E-state index >= 15 is 0 Å². The normalized spacial score (nSPS) is 29.5. The number of allylic oxidation sites excluding steroid dienone is 1. The molecule has 1 aliphatic heterocycles. The molecule has 2 aromatic rings. The van der Waals surface area contributed by atoms with E-state index in [1.54, 1.807) is 13.8 Å². The van der Waals surface area contributed by atoms with E-state index in [2.05, 4.69) is 20.3 Å². The van der Waals surface area contributed by atoms with Crippen LogP contribution in [0.1, 0.15) is 26.9 Å². The van der Waals surface area contributed by atoms with Crippen molar-refractivity contribution in [2.75, 3.05) is 24.6 Å². The molecule has 0 unspecified atom stereocenters. The Morgan fingerprint density at radius 1 is 1.46 bits per heavy atom. The standard InChI is InChI=1S/C16H23N5O4S/c1-8(2)4-5-17-13-10-14(20-16(19-13)26-3)21(7-18-10)15-12(24)11(23)9(6-22)25-15/h4,7,9,11-12,15,22-24H,5-6H2,1-3H3,(H,17,19,20)/t9-,11-,12-,15-/m1/s1/i3D3,5D2. The first-order valence-electron chi connectivity index (χ1n) is 10.3. The number of thioether (sulfide) groups is 1. The number of anilines is 1. The summed E-state index contributed by atoms with van der Waals surface area (Å²) < 4.78 is 45.5. The van der Waals surface area contributed by atoms with E-state index in [9.17, 15) is 15.3 Å². The molecule has 0 spiro atoms. The van der Waals surface area contributed by atoms with Crippen molar-refractivity contribution >= 4 is 28.7 Å². The highest BCUT2D eigenvalue weighted by atomic mass is 32.2. The van der Waals surface area contributed by atoms with Gasteiger partial charge >= 0.3 is 0 Å². The van der Waals surface area contributed by atoms with Crippen LogP contribution in [0.15, 0.2) is 23.1 Å². The Morgan fingerprint density at radius 2 is 2.27 bits per heavy atom. The number of fused-ring (bicyclic) bond motifs is 1. The van der Waals surface area contributed by atoms with Crippen molar-refractivity contribution in [3.8, 4) is 0 Å². The van der Waals surface area contributed by atoms with Gasteiger partial charge in [-0.05, 0) is 20.0 Å². The number of hydrogen-bond acceptors (Lipinski definition) is 9. The Morgan fingerprint density at radius 3 is 2.92 bits per heavy atom. The van der Waals surface area contributed by atoms with Crippen molar-refractivity contribution < 1.29 is 26.9 Å². The summed E-state index contributed by atoms with van der Waals surface area (Å²) in [6, 6.07) is 0. The number of imidazole rings is 1. The van der Waals surface area contributed by atoms with E-state index in [1.165, 1.54) is 17.0 Å². The van der Waals surface area contributed by atoms with Crippen LogP contribution in [0.3, 0.4) is 0 Å².